The van der Waals surface area contributed by atoms with Gasteiger partial charge < -0.3 is 18.8 Å². The van der Waals surface area contributed by atoms with Crippen LogP contribution in [0.3, 0.4) is 0 Å². The summed E-state index contributed by atoms with van der Waals surface area (Å²) in [4.78, 5) is 17.8. The highest BCUT2D eigenvalue weighted by Crippen LogP contribution is 2.33. The zero-order valence-electron chi connectivity index (χ0n) is 19.1. The third kappa shape index (κ3) is 4.56. The first-order chi connectivity index (χ1) is 15.6. The molecule has 3 aliphatic rings. The maximum absolute atomic E-state index is 13.1. The SMILES string of the molecule is Cc1cc(C(=O)CN2CCN(Cc3ccc4c(c3)OCO4)CC2)c(C)n1CC1CCCO1. The maximum atomic E-state index is 13.1. The van der Waals surface area contributed by atoms with E-state index >= 15 is 0 Å². The van der Waals surface area contributed by atoms with Crippen molar-refractivity contribution < 1.29 is 19.0 Å². The van der Waals surface area contributed by atoms with E-state index in [1.54, 1.807) is 0 Å². The standard InChI is InChI=1S/C25H33N3O4/c1-18-12-22(19(2)28(18)15-21-4-3-11-30-21)23(29)16-27-9-7-26(8-10-27)14-20-5-6-24-25(13-20)32-17-31-24/h5-6,12-13,21H,3-4,7-11,14-17H2,1-2H3. The first-order valence-corrected chi connectivity index (χ1v) is 11.7. The summed E-state index contributed by atoms with van der Waals surface area (Å²) in [5, 5.41) is 0. The van der Waals surface area contributed by atoms with Crippen LogP contribution in [0.4, 0.5) is 0 Å². The van der Waals surface area contributed by atoms with Crippen molar-refractivity contribution in [2.45, 2.75) is 45.9 Å². The van der Waals surface area contributed by atoms with Gasteiger partial charge in [0.1, 0.15) is 0 Å². The van der Waals surface area contributed by atoms with E-state index in [4.69, 9.17) is 14.2 Å². The normalized spacial score (nSPS) is 21.4. The zero-order valence-corrected chi connectivity index (χ0v) is 19.1. The molecule has 5 rings (SSSR count). The molecule has 2 fully saturated rings. The average molecular weight is 440 g/mol. The molecule has 2 aromatic rings. The highest BCUT2D eigenvalue weighted by Gasteiger charge is 2.24. The van der Waals surface area contributed by atoms with Crippen LogP contribution in [-0.4, -0.2) is 72.4 Å². The van der Waals surface area contributed by atoms with E-state index in [0.29, 0.717) is 13.3 Å². The smallest absolute Gasteiger partial charge is 0.231 e. The number of hydrogen-bond donors (Lipinski definition) is 0. The second-order valence-corrected chi connectivity index (χ2v) is 9.19. The van der Waals surface area contributed by atoms with Gasteiger partial charge in [-0.15, -0.1) is 0 Å². The molecule has 0 bridgehead atoms. The minimum atomic E-state index is 0.223. The van der Waals surface area contributed by atoms with E-state index in [2.05, 4.69) is 46.4 Å². The number of Topliss-reactive ketones (excluding diaryl/α,β-unsaturated/α-hetero) is 1. The van der Waals surface area contributed by atoms with Crippen molar-refractivity contribution in [3.63, 3.8) is 0 Å². The van der Waals surface area contributed by atoms with Crippen molar-refractivity contribution in [1.82, 2.24) is 14.4 Å². The first kappa shape index (κ1) is 21.5. The molecule has 0 aliphatic carbocycles. The van der Waals surface area contributed by atoms with E-state index in [1.807, 2.05) is 6.07 Å². The van der Waals surface area contributed by atoms with Gasteiger partial charge in [-0.25, -0.2) is 0 Å². The lowest BCUT2D eigenvalue weighted by Gasteiger charge is -2.34. The van der Waals surface area contributed by atoms with Gasteiger partial charge in [0.2, 0.25) is 6.79 Å². The van der Waals surface area contributed by atoms with Crippen LogP contribution in [-0.2, 0) is 17.8 Å². The molecule has 1 aromatic carbocycles. The van der Waals surface area contributed by atoms with Gasteiger partial charge in [-0.1, -0.05) is 6.07 Å². The van der Waals surface area contributed by atoms with Gasteiger partial charge in [-0.3, -0.25) is 14.6 Å². The van der Waals surface area contributed by atoms with Crippen LogP contribution in [0.2, 0.25) is 0 Å². The molecule has 0 saturated carbocycles. The van der Waals surface area contributed by atoms with Crippen LogP contribution >= 0.6 is 0 Å². The van der Waals surface area contributed by atoms with E-state index in [9.17, 15) is 4.79 Å². The van der Waals surface area contributed by atoms with Crippen molar-refractivity contribution in [3.8, 4) is 11.5 Å². The number of aryl methyl sites for hydroxylation is 1. The number of fused-ring (bicyclic) bond motifs is 1. The predicted molar refractivity (Wildman–Crippen MR) is 121 cm³/mol. The lowest BCUT2D eigenvalue weighted by atomic mass is 10.1. The van der Waals surface area contributed by atoms with Crippen LogP contribution < -0.4 is 9.47 Å². The Morgan fingerprint density at radius 2 is 1.81 bits per heavy atom. The number of hydrogen-bond acceptors (Lipinski definition) is 6. The summed E-state index contributed by atoms with van der Waals surface area (Å²) in [7, 11) is 0. The number of ketones is 1. The summed E-state index contributed by atoms with van der Waals surface area (Å²) < 4.78 is 18.9. The lowest BCUT2D eigenvalue weighted by molar-refractivity contribution is 0.0840. The zero-order chi connectivity index (χ0) is 22.1. The fourth-order valence-corrected chi connectivity index (χ4v) is 5.05. The molecule has 3 aliphatic heterocycles. The first-order valence-electron chi connectivity index (χ1n) is 11.7. The minimum Gasteiger partial charge on any atom is -0.454 e. The molecular formula is C25H33N3O4. The Kier molecular flexibility index (Phi) is 6.22. The average Bonchev–Trinajstić information content (AvgIpc) is 3.53. The Bertz CT molecular complexity index is 972. The molecule has 1 unspecified atom stereocenters. The van der Waals surface area contributed by atoms with Gasteiger partial charge in [-0.05, 0) is 50.5 Å². The molecule has 32 heavy (non-hydrogen) atoms. The number of benzene rings is 1. The Labute approximate surface area is 189 Å². The highest BCUT2D eigenvalue weighted by atomic mass is 16.7. The quantitative estimate of drug-likeness (QED) is 0.619. The number of aromatic nitrogens is 1. The molecule has 7 nitrogen and oxygen atoms in total. The van der Waals surface area contributed by atoms with Crippen LogP contribution in [0.15, 0.2) is 24.3 Å². The summed E-state index contributed by atoms with van der Waals surface area (Å²) in [6.07, 6.45) is 2.52. The predicted octanol–water partition coefficient (Wildman–Crippen LogP) is 3.01. The number of ether oxygens (including phenoxy) is 3. The topological polar surface area (TPSA) is 56.2 Å². The van der Waals surface area contributed by atoms with Crippen molar-refractivity contribution >= 4 is 5.78 Å². The van der Waals surface area contributed by atoms with E-state index in [-0.39, 0.29) is 11.9 Å². The number of carbonyl (C=O) groups excluding carboxylic acids is 1. The molecule has 172 valence electrons. The second kappa shape index (κ2) is 9.25. The molecule has 7 heteroatoms. The summed E-state index contributed by atoms with van der Waals surface area (Å²) in [6, 6.07) is 8.23. The number of nitrogens with zero attached hydrogens (tertiary/aromatic N) is 3. The summed E-state index contributed by atoms with van der Waals surface area (Å²) >= 11 is 0. The number of carbonyl (C=O) groups is 1. The lowest BCUT2D eigenvalue weighted by Crippen LogP contribution is -2.47. The molecule has 2 saturated heterocycles. The van der Waals surface area contributed by atoms with Crippen LogP contribution in [0, 0.1) is 13.8 Å². The largest absolute Gasteiger partial charge is 0.454 e. The van der Waals surface area contributed by atoms with E-state index in [1.165, 1.54) is 5.56 Å². The molecule has 1 atom stereocenters. The highest BCUT2D eigenvalue weighted by molar-refractivity contribution is 5.99. The molecule has 4 heterocycles. The van der Waals surface area contributed by atoms with Gasteiger partial charge in [0.05, 0.1) is 12.6 Å². The fraction of sp³-hybridized carbons (Fsp3) is 0.560. The molecule has 0 radical (unpaired) electrons. The summed E-state index contributed by atoms with van der Waals surface area (Å²) in [5.41, 5.74) is 4.32. The van der Waals surface area contributed by atoms with Crippen molar-refractivity contribution in [2.75, 3.05) is 46.1 Å². The van der Waals surface area contributed by atoms with Gasteiger partial charge in [0, 0.05) is 62.8 Å². The van der Waals surface area contributed by atoms with Gasteiger partial charge in [-0.2, -0.15) is 0 Å². The Balaban J connectivity index is 1.14. The van der Waals surface area contributed by atoms with E-state index in [0.717, 1.165) is 87.2 Å². The van der Waals surface area contributed by atoms with Gasteiger partial charge >= 0.3 is 0 Å². The van der Waals surface area contributed by atoms with Crippen molar-refractivity contribution in [2.24, 2.45) is 0 Å². The Hall–Kier alpha value is -2.35. The van der Waals surface area contributed by atoms with Crippen molar-refractivity contribution in [3.05, 3.63) is 46.8 Å². The molecule has 0 spiro atoms. The Morgan fingerprint density at radius 3 is 2.59 bits per heavy atom. The summed E-state index contributed by atoms with van der Waals surface area (Å²) in [5.74, 6) is 1.89. The third-order valence-electron chi connectivity index (χ3n) is 6.96. The third-order valence-corrected chi connectivity index (χ3v) is 6.96. The maximum Gasteiger partial charge on any atom is 0.231 e. The van der Waals surface area contributed by atoms with Crippen molar-refractivity contribution in [1.29, 1.82) is 0 Å². The minimum absolute atomic E-state index is 0.223. The number of rotatable bonds is 7. The van der Waals surface area contributed by atoms with Gasteiger partial charge in [0.25, 0.3) is 0 Å². The Morgan fingerprint density at radius 1 is 1.03 bits per heavy atom. The van der Waals surface area contributed by atoms with Crippen LogP contribution in [0.5, 0.6) is 11.5 Å². The molecule has 1 aromatic heterocycles. The van der Waals surface area contributed by atoms with Crippen LogP contribution in [0.25, 0.3) is 0 Å². The fourth-order valence-electron chi connectivity index (χ4n) is 5.05. The molecule has 0 amide bonds. The van der Waals surface area contributed by atoms with E-state index < -0.39 is 0 Å². The second-order valence-electron chi connectivity index (χ2n) is 9.19. The van der Waals surface area contributed by atoms with Gasteiger partial charge in [0.15, 0.2) is 17.3 Å². The molecular weight excluding hydrogens is 406 g/mol. The summed E-state index contributed by atoms with van der Waals surface area (Å²) in [6.45, 7) is 11.3. The number of piperazine rings is 1. The molecule has 0 N–H and O–H groups in total. The van der Waals surface area contributed by atoms with Crippen LogP contribution in [0.1, 0.15) is 40.2 Å². The monoisotopic (exact) mass is 439 g/mol.